The van der Waals surface area contributed by atoms with Crippen molar-refractivity contribution >= 4 is 5.91 Å². The third-order valence-corrected chi connectivity index (χ3v) is 4.44. The zero-order valence-corrected chi connectivity index (χ0v) is 13.2. The van der Waals surface area contributed by atoms with Gasteiger partial charge < -0.3 is 10.3 Å². The highest BCUT2D eigenvalue weighted by atomic mass is 16.2. The van der Waals surface area contributed by atoms with E-state index in [4.69, 9.17) is 0 Å². The summed E-state index contributed by atoms with van der Waals surface area (Å²) >= 11 is 0. The summed E-state index contributed by atoms with van der Waals surface area (Å²) in [5.74, 6) is -0.106. The number of aromatic amines is 1. The first-order valence-corrected chi connectivity index (χ1v) is 8.33. The van der Waals surface area contributed by atoms with E-state index in [1.54, 1.807) is 6.07 Å². The van der Waals surface area contributed by atoms with Crippen LogP contribution in [-0.4, -0.2) is 16.9 Å². The lowest BCUT2D eigenvalue weighted by molar-refractivity contribution is 0.0933. The van der Waals surface area contributed by atoms with Crippen LogP contribution in [-0.2, 0) is 0 Å². The molecular formula is C19H22N2O2. The molecule has 0 spiro atoms. The predicted octanol–water partition coefficient (Wildman–Crippen LogP) is 3.49. The number of hydrogen-bond acceptors (Lipinski definition) is 2. The van der Waals surface area contributed by atoms with Crippen LogP contribution in [0, 0.1) is 0 Å². The molecule has 0 unspecified atom stereocenters. The van der Waals surface area contributed by atoms with Gasteiger partial charge in [0.25, 0.3) is 11.5 Å². The lowest BCUT2D eigenvalue weighted by Gasteiger charge is -2.16. The van der Waals surface area contributed by atoms with E-state index in [0.29, 0.717) is 11.1 Å². The monoisotopic (exact) mass is 310 g/mol. The Balaban J connectivity index is 1.80. The van der Waals surface area contributed by atoms with Gasteiger partial charge in [0.2, 0.25) is 0 Å². The Morgan fingerprint density at radius 2 is 1.74 bits per heavy atom. The van der Waals surface area contributed by atoms with Crippen molar-refractivity contribution in [3.63, 3.8) is 0 Å². The van der Waals surface area contributed by atoms with Crippen molar-refractivity contribution in [2.45, 2.75) is 44.6 Å². The molecule has 23 heavy (non-hydrogen) atoms. The third-order valence-electron chi connectivity index (χ3n) is 4.44. The number of carbonyl (C=O) groups excluding carboxylic acids is 1. The van der Waals surface area contributed by atoms with Crippen molar-refractivity contribution in [1.82, 2.24) is 10.3 Å². The van der Waals surface area contributed by atoms with Crippen molar-refractivity contribution < 1.29 is 4.79 Å². The van der Waals surface area contributed by atoms with E-state index in [9.17, 15) is 9.59 Å². The molecule has 1 fully saturated rings. The van der Waals surface area contributed by atoms with Crippen LogP contribution in [0.2, 0.25) is 0 Å². The Bertz CT molecular complexity index is 714. The number of nitrogens with one attached hydrogen (secondary N) is 2. The molecule has 0 saturated heterocycles. The van der Waals surface area contributed by atoms with Gasteiger partial charge in [-0.3, -0.25) is 9.59 Å². The average Bonchev–Trinajstić information content (AvgIpc) is 2.84. The number of H-pyrrole nitrogens is 1. The zero-order chi connectivity index (χ0) is 16.1. The minimum atomic E-state index is -0.179. The first-order valence-electron chi connectivity index (χ1n) is 8.33. The smallest absolute Gasteiger partial charge is 0.255 e. The summed E-state index contributed by atoms with van der Waals surface area (Å²) in [5, 5.41) is 3.11. The summed E-state index contributed by atoms with van der Waals surface area (Å²) < 4.78 is 0. The van der Waals surface area contributed by atoms with E-state index in [-0.39, 0.29) is 17.5 Å². The molecular weight excluding hydrogens is 288 g/mol. The summed E-state index contributed by atoms with van der Waals surface area (Å²) in [5.41, 5.74) is 1.67. The van der Waals surface area contributed by atoms with Crippen molar-refractivity contribution in [2.24, 2.45) is 0 Å². The zero-order valence-electron chi connectivity index (χ0n) is 13.2. The fourth-order valence-electron chi connectivity index (χ4n) is 3.14. The molecule has 1 aromatic carbocycles. The Hall–Kier alpha value is -2.36. The molecule has 1 saturated carbocycles. The number of rotatable bonds is 3. The van der Waals surface area contributed by atoms with Crippen molar-refractivity contribution in [3.05, 3.63) is 58.5 Å². The fraction of sp³-hybridized carbons (Fsp3) is 0.368. The van der Waals surface area contributed by atoms with Gasteiger partial charge in [-0.05, 0) is 24.5 Å². The van der Waals surface area contributed by atoms with Gasteiger partial charge in [0, 0.05) is 17.8 Å². The highest BCUT2D eigenvalue weighted by Crippen LogP contribution is 2.19. The van der Waals surface area contributed by atoms with E-state index in [2.05, 4.69) is 10.3 Å². The molecule has 0 atom stereocenters. The minimum Gasteiger partial charge on any atom is -0.349 e. The van der Waals surface area contributed by atoms with Crippen LogP contribution in [0.25, 0.3) is 11.1 Å². The van der Waals surface area contributed by atoms with Gasteiger partial charge in [0.15, 0.2) is 0 Å². The summed E-state index contributed by atoms with van der Waals surface area (Å²) in [6.07, 6.45) is 8.44. The Labute approximate surface area is 135 Å². The lowest BCUT2D eigenvalue weighted by atomic mass is 10.0. The van der Waals surface area contributed by atoms with Crippen LogP contribution < -0.4 is 10.9 Å². The molecule has 4 nitrogen and oxygen atoms in total. The van der Waals surface area contributed by atoms with Gasteiger partial charge in [0.05, 0.1) is 5.56 Å². The maximum Gasteiger partial charge on any atom is 0.255 e. The molecule has 2 N–H and O–H groups in total. The van der Waals surface area contributed by atoms with Gasteiger partial charge in [-0.2, -0.15) is 0 Å². The summed E-state index contributed by atoms with van der Waals surface area (Å²) in [6.45, 7) is 0. The molecule has 3 rings (SSSR count). The van der Waals surface area contributed by atoms with Gasteiger partial charge >= 0.3 is 0 Å². The molecule has 1 heterocycles. The minimum absolute atomic E-state index is 0.106. The first-order chi connectivity index (χ1) is 11.2. The van der Waals surface area contributed by atoms with Crippen LogP contribution in [0.1, 0.15) is 48.9 Å². The lowest BCUT2D eigenvalue weighted by Crippen LogP contribution is -2.34. The second-order valence-corrected chi connectivity index (χ2v) is 6.16. The summed E-state index contributed by atoms with van der Waals surface area (Å²) in [7, 11) is 0. The van der Waals surface area contributed by atoms with Crippen molar-refractivity contribution in [2.75, 3.05) is 0 Å². The van der Waals surface area contributed by atoms with Crippen molar-refractivity contribution in [1.29, 1.82) is 0 Å². The predicted molar refractivity (Wildman–Crippen MR) is 91.5 cm³/mol. The summed E-state index contributed by atoms with van der Waals surface area (Å²) in [4.78, 5) is 27.2. The number of carbonyl (C=O) groups is 1. The molecule has 0 bridgehead atoms. The van der Waals surface area contributed by atoms with Gasteiger partial charge in [-0.25, -0.2) is 0 Å². The number of aromatic nitrogens is 1. The fourth-order valence-corrected chi connectivity index (χ4v) is 3.14. The Morgan fingerprint density at radius 1 is 1.04 bits per heavy atom. The second kappa shape index (κ2) is 7.27. The SMILES string of the molecule is O=C(NC1CCCCCC1)c1c[nH]c(=O)c(-c2ccccc2)c1. The molecule has 2 aromatic rings. The van der Waals surface area contributed by atoms with Gasteiger partial charge in [-0.15, -0.1) is 0 Å². The molecule has 4 heteroatoms. The van der Waals surface area contributed by atoms with E-state index in [1.165, 1.54) is 31.9 Å². The molecule has 0 radical (unpaired) electrons. The Morgan fingerprint density at radius 3 is 2.43 bits per heavy atom. The normalized spacial score (nSPS) is 15.8. The Kier molecular flexibility index (Phi) is 4.91. The largest absolute Gasteiger partial charge is 0.349 e. The van der Waals surface area contributed by atoms with Crippen LogP contribution in [0.3, 0.4) is 0 Å². The van der Waals surface area contributed by atoms with Crippen molar-refractivity contribution in [3.8, 4) is 11.1 Å². The quantitative estimate of drug-likeness (QED) is 0.852. The number of amides is 1. The van der Waals surface area contributed by atoms with Crippen LogP contribution in [0.4, 0.5) is 0 Å². The average molecular weight is 310 g/mol. The molecule has 1 aliphatic carbocycles. The van der Waals surface area contributed by atoms with Gasteiger partial charge in [0.1, 0.15) is 0 Å². The second-order valence-electron chi connectivity index (χ2n) is 6.16. The number of hydrogen-bond donors (Lipinski definition) is 2. The molecule has 1 amide bonds. The highest BCUT2D eigenvalue weighted by molar-refractivity contribution is 5.95. The van der Waals surface area contributed by atoms with E-state index in [0.717, 1.165) is 18.4 Å². The topological polar surface area (TPSA) is 62.0 Å². The molecule has 1 aromatic heterocycles. The number of pyridine rings is 1. The van der Waals surface area contributed by atoms with Crippen LogP contribution in [0.5, 0.6) is 0 Å². The van der Waals surface area contributed by atoms with E-state index in [1.807, 2.05) is 30.3 Å². The third kappa shape index (κ3) is 3.89. The van der Waals surface area contributed by atoms with Crippen LogP contribution in [0.15, 0.2) is 47.4 Å². The standard InChI is InChI=1S/C19H22N2O2/c22-18(21-16-10-6-1-2-7-11-16)15-12-17(19(23)20-13-15)14-8-4-3-5-9-14/h3-5,8-9,12-13,16H,1-2,6-7,10-11H2,(H,20,23)(H,21,22). The highest BCUT2D eigenvalue weighted by Gasteiger charge is 2.17. The maximum atomic E-state index is 12.5. The first kappa shape index (κ1) is 15.5. The van der Waals surface area contributed by atoms with E-state index >= 15 is 0 Å². The van der Waals surface area contributed by atoms with E-state index < -0.39 is 0 Å². The molecule has 0 aliphatic heterocycles. The molecule has 1 aliphatic rings. The van der Waals surface area contributed by atoms with Gasteiger partial charge in [-0.1, -0.05) is 56.0 Å². The molecule has 120 valence electrons. The maximum absolute atomic E-state index is 12.5. The van der Waals surface area contributed by atoms with Crippen LogP contribution >= 0.6 is 0 Å². The number of benzene rings is 1. The summed E-state index contributed by atoms with van der Waals surface area (Å²) in [6, 6.07) is 11.3.